The van der Waals surface area contributed by atoms with Crippen LogP contribution >= 0.6 is 23.2 Å². The fourth-order valence-electron chi connectivity index (χ4n) is 7.14. The first-order valence-electron chi connectivity index (χ1n) is 17.7. The van der Waals surface area contributed by atoms with Gasteiger partial charge in [-0.25, -0.2) is 8.42 Å². The number of carbonyl (C=O) groups excluding carboxylic acids is 2. The highest BCUT2D eigenvalue weighted by atomic mass is 35.5. The van der Waals surface area contributed by atoms with Crippen molar-refractivity contribution >= 4 is 61.6 Å². The molecule has 15 heteroatoms. The van der Waals surface area contributed by atoms with E-state index in [1.807, 2.05) is 60.7 Å². The fourth-order valence-corrected chi connectivity index (χ4v) is 8.37. The van der Waals surface area contributed by atoms with Crippen LogP contribution in [-0.2, 0) is 10.0 Å². The number of imide groups is 1. The van der Waals surface area contributed by atoms with Crippen molar-refractivity contribution in [2.24, 2.45) is 0 Å². The lowest BCUT2D eigenvalue weighted by Crippen LogP contribution is -2.47. The van der Waals surface area contributed by atoms with E-state index in [0.717, 1.165) is 16.7 Å². The third-order valence-corrected chi connectivity index (χ3v) is 12.1. The number of benzene rings is 4. The van der Waals surface area contributed by atoms with Crippen molar-refractivity contribution in [3.63, 3.8) is 0 Å². The topological polar surface area (TPSA) is 109 Å². The molecule has 55 heavy (non-hydrogen) atoms. The summed E-state index contributed by atoms with van der Waals surface area (Å²) in [6, 6.07) is 27.2. The summed E-state index contributed by atoms with van der Waals surface area (Å²) in [7, 11) is -5.42. The molecule has 1 aromatic heterocycles. The van der Waals surface area contributed by atoms with Crippen molar-refractivity contribution in [3.05, 3.63) is 135 Å². The minimum atomic E-state index is -5.42. The van der Waals surface area contributed by atoms with Gasteiger partial charge in [0.05, 0.1) is 17.7 Å². The lowest BCUT2D eigenvalue weighted by Gasteiger charge is -2.32. The SMILES string of the molecule is O=C1c2ccccc2C(=O)N1CCCCOc1cc(C(c2ccc(Cl)cc2)c2ccc(Cl)cc2)cc2c(NC3CCN(S(=O)(=O)C(F)(F)F)CC3)ccnc12. The van der Waals surface area contributed by atoms with Gasteiger partial charge in [0.15, 0.2) is 0 Å². The number of nitrogens with zero attached hydrogens (tertiary/aromatic N) is 3. The molecule has 7 rings (SSSR count). The number of piperidine rings is 1. The molecule has 9 nitrogen and oxygen atoms in total. The summed E-state index contributed by atoms with van der Waals surface area (Å²) in [5, 5.41) is 5.29. The number of anilines is 1. The van der Waals surface area contributed by atoms with Crippen LogP contribution in [0.1, 0.15) is 69.0 Å². The van der Waals surface area contributed by atoms with Crippen LogP contribution in [0.4, 0.5) is 18.9 Å². The first-order chi connectivity index (χ1) is 26.3. The highest BCUT2D eigenvalue weighted by molar-refractivity contribution is 7.90. The van der Waals surface area contributed by atoms with Crippen molar-refractivity contribution in [1.82, 2.24) is 14.2 Å². The maximum atomic E-state index is 13.2. The second-order valence-electron chi connectivity index (χ2n) is 13.4. The Hall–Kier alpha value is -4.69. The number of ether oxygens (including phenoxy) is 1. The zero-order chi connectivity index (χ0) is 38.9. The number of pyridine rings is 1. The molecule has 2 aliphatic heterocycles. The van der Waals surface area contributed by atoms with Crippen molar-refractivity contribution in [3.8, 4) is 5.75 Å². The van der Waals surface area contributed by atoms with E-state index in [9.17, 15) is 31.2 Å². The Labute approximate surface area is 326 Å². The molecule has 0 bridgehead atoms. The first kappa shape index (κ1) is 38.6. The lowest BCUT2D eigenvalue weighted by molar-refractivity contribution is -0.0494. The molecular formula is C40H35Cl2F3N4O5S. The Morgan fingerprint density at radius 3 is 1.96 bits per heavy atom. The van der Waals surface area contributed by atoms with Gasteiger partial charge in [-0.1, -0.05) is 59.6 Å². The fraction of sp³-hybridized carbons (Fsp3) is 0.275. The predicted molar refractivity (Wildman–Crippen MR) is 205 cm³/mol. The maximum absolute atomic E-state index is 13.2. The number of rotatable bonds is 12. The third-order valence-electron chi connectivity index (χ3n) is 9.93. The van der Waals surface area contributed by atoms with E-state index < -0.39 is 15.5 Å². The minimum Gasteiger partial charge on any atom is -0.491 e. The van der Waals surface area contributed by atoms with Gasteiger partial charge in [0.25, 0.3) is 11.8 Å². The van der Waals surface area contributed by atoms with Gasteiger partial charge in [-0.3, -0.25) is 19.5 Å². The summed E-state index contributed by atoms with van der Waals surface area (Å²) in [6.45, 7) is -0.0724. The van der Waals surface area contributed by atoms with Crippen molar-refractivity contribution < 1.29 is 35.9 Å². The van der Waals surface area contributed by atoms with Crippen LogP contribution in [0.5, 0.6) is 5.75 Å². The smallest absolute Gasteiger partial charge is 0.491 e. The Bertz CT molecular complexity index is 2260. The van der Waals surface area contributed by atoms with Crippen LogP contribution < -0.4 is 10.1 Å². The van der Waals surface area contributed by atoms with Gasteiger partial charge in [-0.05, 0) is 97.0 Å². The molecule has 0 aliphatic carbocycles. The largest absolute Gasteiger partial charge is 0.511 e. The Morgan fingerprint density at radius 1 is 0.818 bits per heavy atom. The van der Waals surface area contributed by atoms with Crippen LogP contribution in [-0.4, -0.2) is 72.2 Å². The highest BCUT2D eigenvalue weighted by Crippen LogP contribution is 2.40. The number of carbonyl (C=O) groups is 2. The number of nitrogens with one attached hydrogen (secondary N) is 1. The van der Waals surface area contributed by atoms with E-state index in [0.29, 0.717) is 60.7 Å². The summed E-state index contributed by atoms with van der Waals surface area (Å²) in [5.41, 5.74) is -0.640. The summed E-state index contributed by atoms with van der Waals surface area (Å²) in [6.07, 6.45) is 2.96. The molecule has 0 unspecified atom stereocenters. The van der Waals surface area contributed by atoms with Crippen LogP contribution in [0, 0.1) is 0 Å². The van der Waals surface area contributed by atoms with E-state index in [2.05, 4.69) is 10.3 Å². The van der Waals surface area contributed by atoms with Gasteiger partial charge in [0.1, 0.15) is 11.3 Å². The van der Waals surface area contributed by atoms with Gasteiger partial charge < -0.3 is 10.1 Å². The molecule has 0 atom stereocenters. The van der Waals surface area contributed by atoms with Gasteiger partial charge in [0.2, 0.25) is 0 Å². The molecule has 2 aliphatic rings. The summed E-state index contributed by atoms with van der Waals surface area (Å²) in [5.74, 6) is -0.449. The molecule has 3 heterocycles. The number of sulfonamides is 1. The van der Waals surface area contributed by atoms with Gasteiger partial charge in [0, 0.05) is 58.9 Å². The van der Waals surface area contributed by atoms with E-state index >= 15 is 0 Å². The predicted octanol–water partition coefficient (Wildman–Crippen LogP) is 8.90. The van der Waals surface area contributed by atoms with Crippen molar-refractivity contribution in [1.29, 1.82) is 0 Å². The van der Waals surface area contributed by atoms with E-state index in [1.165, 1.54) is 4.90 Å². The number of halogens is 5. The number of fused-ring (bicyclic) bond motifs is 2. The molecule has 286 valence electrons. The number of hydrogen-bond acceptors (Lipinski definition) is 7. The molecule has 0 saturated carbocycles. The van der Waals surface area contributed by atoms with E-state index in [-0.39, 0.29) is 62.9 Å². The molecule has 5 aromatic rings. The zero-order valence-corrected chi connectivity index (χ0v) is 31.6. The first-order valence-corrected chi connectivity index (χ1v) is 19.9. The lowest BCUT2D eigenvalue weighted by atomic mass is 9.84. The van der Waals surface area contributed by atoms with Gasteiger partial charge in [-0.15, -0.1) is 0 Å². The maximum Gasteiger partial charge on any atom is 0.511 e. The van der Waals surface area contributed by atoms with Gasteiger partial charge >= 0.3 is 15.5 Å². The normalized spacial score (nSPS) is 15.6. The quantitative estimate of drug-likeness (QED) is 0.0762. The van der Waals surface area contributed by atoms with E-state index in [1.54, 1.807) is 36.5 Å². The standard InChI is InChI=1S/C40H35Cl2F3N4O5S/c41-28-11-7-25(8-12-28)36(26-9-13-29(42)14-10-26)27-23-33-34(47-30-16-20-48(21-17-30)55(52,53)40(43,44)45)15-18-46-37(33)35(24-27)54-22-4-3-19-49-38(50)31-5-1-2-6-32(31)39(49)51/h1-2,5-15,18,23-24,30,36H,3-4,16-17,19-22H2,(H,46,47). The monoisotopic (exact) mass is 810 g/mol. The molecule has 1 fully saturated rings. The molecule has 0 radical (unpaired) electrons. The summed E-state index contributed by atoms with van der Waals surface area (Å²) < 4.78 is 70.7. The molecular weight excluding hydrogens is 776 g/mol. The molecule has 1 saturated heterocycles. The zero-order valence-electron chi connectivity index (χ0n) is 29.2. The van der Waals surface area contributed by atoms with Crippen molar-refractivity contribution in [2.45, 2.75) is 43.2 Å². The number of unbranched alkanes of at least 4 members (excludes halogenated alkanes) is 1. The molecule has 0 spiro atoms. The van der Waals surface area contributed by atoms with Crippen molar-refractivity contribution in [2.75, 3.05) is 31.6 Å². The van der Waals surface area contributed by atoms with Gasteiger partial charge in [-0.2, -0.15) is 17.5 Å². The third kappa shape index (κ3) is 8.02. The number of hydrogen-bond donors (Lipinski definition) is 1. The number of amides is 2. The van der Waals surface area contributed by atoms with E-state index in [4.69, 9.17) is 27.9 Å². The minimum absolute atomic E-state index is 0.160. The Kier molecular flexibility index (Phi) is 11.1. The average molecular weight is 812 g/mol. The highest BCUT2D eigenvalue weighted by Gasteiger charge is 2.50. The average Bonchev–Trinajstić information content (AvgIpc) is 3.41. The Morgan fingerprint density at radius 2 is 1.40 bits per heavy atom. The van der Waals surface area contributed by atoms with Crippen LogP contribution in [0.25, 0.3) is 10.9 Å². The van der Waals surface area contributed by atoms with Crippen LogP contribution in [0.15, 0.2) is 97.2 Å². The van der Waals surface area contributed by atoms with Crippen LogP contribution in [0.2, 0.25) is 10.0 Å². The Balaban J connectivity index is 1.18. The molecule has 4 aromatic carbocycles. The second kappa shape index (κ2) is 15.8. The summed E-state index contributed by atoms with van der Waals surface area (Å²) in [4.78, 5) is 31.6. The van der Waals surface area contributed by atoms with Crippen LogP contribution in [0.3, 0.4) is 0 Å². The molecule has 1 N–H and O–H groups in total. The second-order valence-corrected chi connectivity index (χ2v) is 16.2. The molecule has 2 amide bonds. The summed E-state index contributed by atoms with van der Waals surface area (Å²) >= 11 is 12.6. The number of aromatic nitrogens is 1. The number of alkyl halides is 3.